The monoisotopic (exact) mass is 492 g/mol. The summed E-state index contributed by atoms with van der Waals surface area (Å²) in [7, 11) is 1.51. The number of aromatic amines is 1. The van der Waals surface area contributed by atoms with Gasteiger partial charge in [-0.2, -0.15) is 18.4 Å². The van der Waals surface area contributed by atoms with E-state index < -0.39 is 17.7 Å². The third kappa shape index (κ3) is 4.34. The lowest BCUT2D eigenvalue weighted by Gasteiger charge is -2.10. The maximum Gasteiger partial charge on any atom is 0.434 e. The van der Waals surface area contributed by atoms with Gasteiger partial charge < -0.3 is 14.9 Å². The molecule has 0 radical (unpaired) electrons. The molecule has 0 aliphatic carbocycles. The summed E-state index contributed by atoms with van der Waals surface area (Å²) >= 11 is 0. The molecule has 0 unspecified atom stereocenters. The van der Waals surface area contributed by atoms with Crippen molar-refractivity contribution in [2.75, 3.05) is 5.32 Å². The van der Waals surface area contributed by atoms with Gasteiger partial charge in [0.1, 0.15) is 23.2 Å². The molecule has 0 aliphatic heterocycles. The molecule has 5 rings (SSSR count). The summed E-state index contributed by atoms with van der Waals surface area (Å²) in [5.74, 6) is 0.277. The van der Waals surface area contributed by atoms with Gasteiger partial charge >= 0.3 is 6.18 Å². The van der Waals surface area contributed by atoms with Crippen LogP contribution in [0.4, 0.5) is 23.4 Å². The predicted octanol–water partition coefficient (Wildman–Crippen LogP) is 5.06. The molecule has 0 atom stereocenters. The Kier molecular flexibility index (Phi) is 5.60. The second-order valence-corrected chi connectivity index (χ2v) is 7.91. The van der Waals surface area contributed by atoms with Gasteiger partial charge in [0.15, 0.2) is 23.0 Å². The van der Waals surface area contributed by atoms with E-state index in [0.29, 0.717) is 34.7 Å². The van der Waals surface area contributed by atoms with E-state index in [0.717, 1.165) is 11.8 Å². The summed E-state index contributed by atoms with van der Waals surface area (Å²) in [6, 6.07) is 12.8. The zero-order valence-electron chi connectivity index (χ0n) is 18.6. The number of nitrogens with zero attached hydrogens (tertiary/aromatic N) is 6. The van der Waals surface area contributed by atoms with Crippen molar-refractivity contribution in [1.29, 1.82) is 5.26 Å². The van der Waals surface area contributed by atoms with Crippen molar-refractivity contribution in [2.45, 2.75) is 12.7 Å². The normalized spacial score (nSPS) is 11.6. The Morgan fingerprint density at radius 3 is 2.50 bits per heavy atom. The van der Waals surface area contributed by atoms with Crippen molar-refractivity contribution in [3.8, 4) is 28.8 Å². The number of aromatic nitrogens is 6. The largest absolute Gasteiger partial charge is 0.434 e. The zero-order chi connectivity index (χ0) is 25.4. The molecule has 180 valence electrons. The fraction of sp³-hybridized carbons (Fsp3) is 0.125. The summed E-state index contributed by atoms with van der Waals surface area (Å²) in [5, 5.41) is 12.3. The van der Waals surface area contributed by atoms with E-state index in [1.165, 1.54) is 36.1 Å². The molecule has 36 heavy (non-hydrogen) atoms. The van der Waals surface area contributed by atoms with Crippen molar-refractivity contribution < 1.29 is 17.6 Å². The average molecular weight is 492 g/mol. The van der Waals surface area contributed by atoms with E-state index in [1.807, 2.05) is 0 Å². The Labute approximate surface area is 201 Å². The summed E-state index contributed by atoms with van der Waals surface area (Å²) in [6.45, 7) is 0.339. The molecule has 5 aromatic rings. The summed E-state index contributed by atoms with van der Waals surface area (Å²) in [4.78, 5) is 19.8. The van der Waals surface area contributed by atoms with E-state index in [1.54, 1.807) is 30.3 Å². The number of nitriles is 1. The van der Waals surface area contributed by atoms with E-state index in [-0.39, 0.29) is 17.2 Å². The third-order valence-corrected chi connectivity index (χ3v) is 5.47. The highest BCUT2D eigenvalue weighted by Crippen LogP contribution is 2.31. The standard InChI is InChI=1S/C24H16F4N8/c1-36-11-18(24(26,27)28)33-23(36)14-4-2-13(3-5-14)10-30-21-19-22(32-12-31-19)35-20(34-21)15-6-7-17(25)16(8-15)9-29/h2-8,11-12H,10H2,1H3,(H2,30,31,32,34,35). The molecule has 12 heteroatoms. The number of halogens is 4. The van der Waals surface area contributed by atoms with E-state index >= 15 is 0 Å². The van der Waals surface area contributed by atoms with Gasteiger partial charge in [0.05, 0.1) is 11.9 Å². The van der Waals surface area contributed by atoms with Crippen molar-refractivity contribution >= 4 is 17.0 Å². The Morgan fingerprint density at radius 2 is 1.81 bits per heavy atom. The number of aryl methyl sites for hydroxylation is 1. The summed E-state index contributed by atoms with van der Waals surface area (Å²) in [5.41, 5.74) is 1.71. The molecular weight excluding hydrogens is 476 g/mol. The molecule has 0 bridgehead atoms. The van der Waals surface area contributed by atoms with Crippen LogP contribution in [0, 0.1) is 17.1 Å². The summed E-state index contributed by atoms with van der Waals surface area (Å²) < 4.78 is 54.0. The highest BCUT2D eigenvalue weighted by molar-refractivity contribution is 5.84. The van der Waals surface area contributed by atoms with Gasteiger partial charge in [-0.05, 0) is 23.8 Å². The Bertz CT molecular complexity index is 1610. The number of alkyl halides is 3. The molecule has 2 aromatic carbocycles. The molecule has 0 spiro atoms. The predicted molar refractivity (Wildman–Crippen MR) is 123 cm³/mol. The van der Waals surface area contributed by atoms with Crippen LogP contribution in [-0.2, 0) is 19.8 Å². The first kappa shape index (κ1) is 23.0. The Balaban J connectivity index is 1.39. The lowest BCUT2D eigenvalue weighted by molar-refractivity contribution is -0.140. The molecule has 8 nitrogen and oxygen atoms in total. The molecule has 0 aliphatic rings. The molecule has 0 amide bonds. The van der Waals surface area contributed by atoms with Crippen LogP contribution in [0.2, 0.25) is 0 Å². The number of nitrogens with one attached hydrogen (secondary N) is 2. The van der Waals surface area contributed by atoms with Gasteiger partial charge in [-0.15, -0.1) is 0 Å². The summed E-state index contributed by atoms with van der Waals surface area (Å²) in [6.07, 6.45) is -2.09. The van der Waals surface area contributed by atoms with Gasteiger partial charge in [0.25, 0.3) is 0 Å². The number of fused-ring (bicyclic) bond motifs is 1. The number of hydrogen-bond acceptors (Lipinski definition) is 6. The van der Waals surface area contributed by atoms with Crippen LogP contribution in [0.25, 0.3) is 33.9 Å². The lowest BCUT2D eigenvalue weighted by atomic mass is 10.1. The van der Waals surface area contributed by atoms with Crippen LogP contribution in [0.15, 0.2) is 55.0 Å². The molecule has 3 aromatic heterocycles. The topological polar surface area (TPSA) is 108 Å². The average Bonchev–Trinajstić information content (AvgIpc) is 3.50. The van der Waals surface area contributed by atoms with Gasteiger partial charge in [-0.3, -0.25) is 0 Å². The van der Waals surface area contributed by atoms with E-state index in [9.17, 15) is 17.6 Å². The minimum atomic E-state index is -4.52. The van der Waals surface area contributed by atoms with E-state index in [4.69, 9.17) is 5.26 Å². The Hall–Kier alpha value is -4.79. The number of benzene rings is 2. The van der Waals surface area contributed by atoms with Crippen molar-refractivity contribution in [3.05, 3.63) is 77.6 Å². The van der Waals surface area contributed by atoms with Gasteiger partial charge in [-0.25, -0.2) is 24.3 Å². The van der Waals surface area contributed by atoms with Crippen LogP contribution in [0.3, 0.4) is 0 Å². The fourth-order valence-electron chi connectivity index (χ4n) is 3.67. The van der Waals surface area contributed by atoms with E-state index in [2.05, 4.69) is 30.2 Å². The first-order valence-corrected chi connectivity index (χ1v) is 10.6. The maximum atomic E-state index is 13.7. The number of H-pyrrole nitrogens is 1. The quantitative estimate of drug-likeness (QED) is 0.332. The van der Waals surface area contributed by atoms with Crippen LogP contribution in [0.1, 0.15) is 16.8 Å². The second-order valence-electron chi connectivity index (χ2n) is 7.91. The second kappa shape index (κ2) is 8.77. The number of hydrogen-bond donors (Lipinski definition) is 2. The number of anilines is 1. The minimum Gasteiger partial charge on any atom is -0.364 e. The Morgan fingerprint density at radius 1 is 1.06 bits per heavy atom. The zero-order valence-corrected chi connectivity index (χ0v) is 18.6. The maximum absolute atomic E-state index is 13.7. The lowest BCUT2D eigenvalue weighted by Crippen LogP contribution is -2.05. The SMILES string of the molecule is Cn1cc(C(F)(F)F)nc1-c1ccc(CNc2nc(-c3ccc(F)c(C#N)c3)nc3nc[nH]c23)cc1. The number of imidazole rings is 2. The minimum absolute atomic E-state index is 0.122. The highest BCUT2D eigenvalue weighted by Gasteiger charge is 2.34. The fourth-order valence-corrected chi connectivity index (χ4v) is 3.67. The number of rotatable bonds is 5. The molecule has 0 saturated heterocycles. The smallest absolute Gasteiger partial charge is 0.364 e. The van der Waals surface area contributed by atoms with Gasteiger partial charge in [0.2, 0.25) is 0 Å². The highest BCUT2D eigenvalue weighted by atomic mass is 19.4. The first-order valence-electron chi connectivity index (χ1n) is 10.6. The molecule has 0 saturated carbocycles. The van der Waals surface area contributed by atoms with Crippen molar-refractivity contribution in [1.82, 2.24) is 29.5 Å². The van der Waals surface area contributed by atoms with Crippen LogP contribution in [0.5, 0.6) is 0 Å². The van der Waals surface area contributed by atoms with Crippen LogP contribution < -0.4 is 5.32 Å². The third-order valence-electron chi connectivity index (χ3n) is 5.47. The van der Waals surface area contributed by atoms with Crippen molar-refractivity contribution in [3.63, 3.8) is 0 Å². The molecule has 3 heterocycles. The van der Waals surface area contributed by atoms with Gasteiger partial charge in [0, 0.05) is 30.9 Å². The first-order chi connectivity index (χ1) is 17.2. The molecule has 2 N–H and O–H groups in total. The van der Waals surface area contributed by atoms with Crippen LogP contribution in [-0.4, -0.2) is 29.5 Å². The molecular formula is C24H16F4N8. The van der Waals surface area contributed by atoms with Gasteiger partial charge in [-0.1, -0.05) is 24.3 Å². The van der Waals surface area contributed by atoms with Crippen molar-refractivity contribution in [2.24, 2.45) is 7.05 Å². The molecule has 0 fully saturated rings. The van der Waals surface area contributed by atoms with Crippen LogP contribution >= 0.6 is 0 Å².